The van der Waals surface area contributed by atoms with E-state index >= 15 is 0 Å². The molecule has 0 rings (SSSR count). The molecule has 0 saturated heterocycles. The fraction of sp³-hybridized carbons (Fsp3) is 0.700. The molecular formula is C10H16F3N3O5. The number of methoxy groups -OCH3 is 1. The second-order valence-corrected chi connectivity index (χ2v) is 3.95. The van der Waals surface area contributed by atoms with Crippen molar-refractivity contribution in [3.05, 3.63) is 0 Å². The average Bonchev–Trinajstić information content (AvgIpc) is 2.25. The number of ether oxygens (including phenoxy) is 1. The lowest BCUT2D eigenvalue weighted by Gasteiger charge is -2.20. The molecule has 0 saturated carbocycles. The van der Waals surface area contributed by atoms with Crippen LogP contribution < -0.4 is 10.6 Å². The van der Waals surface area contributed by atoms with Crippen molar-refractivity contribution in [3.63, 3.8) is 0 Å². The number of amides is 3. The van der Waals surface area contributed by atoms with Gasteiger partial charge in [-0.3, -0.25) is 19.8 Å². The molecule has 122 valence electrons. The smallest absolute Gasteiger partial charge is 0.401 e. The van der Waals surface area contributed by atoms with Crippen LogP contribution in [0.5, 0.6) is 0 Å². The molecule has 0 fully saturated rings. The first-order valence-corrected chi connectivity index (χ1v) is 5.71. The maximum absolute atomic E-state index is 12.2. The highest BCUT2D eigenvalue weighted by Gasteiger charge is 2.32. The number of carboxylic acid groups (broad SMARTS) is 1. The third-order valence-corrected chi connectivity index (χ3v) is 1.97. The summed E-state index contributed by atoms with van der Waals surface area (Å²) in [6.45, 7) is -3.11. The van der Waals surface area contributed by atoms with Crippen molar-refractivity contribution in [3.8, 4) is 0 Å². The van der Waals surface area contributed by atoms with Crippen LogP contribution in [0.1, 0.15) is 0 Å². The van der Waals surface area contributed by atoms with Gasteiger partial charge >= 0.3 is 18.2 Å². The highest BCUT2D eigenvalue weighted by atomic mass is 19.4. The zero-order chi connectivity index (χ0) is 16.5. The lowest BCUT2D eigenvalue weighted by atomic mass is 10.4. The molecule has 0 aliphatic heterocycles. The van der Waals surface area contributed by atoms with Crippen molar-refractivity contribution < 1.29 is 37.4 Å². The molecule has 11 heteroatoms. The molecule has 0 atom stereocenters. The zero-order valence-electron chi connectivity index (χ0n) is 11.2. The van der Waals surface area contributed by atoms with Gasteiger partial charge in [0.15, 0.2) is 0 Å². The first-order valence-electron chi connectivity index (χ1n) is 5.71. The van der Waals surface area contributed by atoms with E-state index in [0.29, 0.717) is 4.90 Å². The van der Waals surface area contributed by atoms with Gasteiger partial charge in [0.05, 0.1) is 26.2 Å². The second-order valence-electron chi connectivity index (χ2n) is 3.95. The third kappa shape index (κ3) is 11.6. The lowest BCUT2D eigenvalue weighted by Crippen LogP contribution is -2.48. The molecule has 3 N–H and O–H groups in total. The van der Waals surface area contributed by atoms with E-state index in [0.717, 1.165) is 0 Å². The molecule has 3 amide bonds. The molecule has 0 heterocycles. The predicted molar refractivity (Wildman–Crippen MR) is 63.5 cm³/mol. The fourth-order valence-corrected chi connectivity index (χ4v) is 1.29. The maximum atomic E-state index is 12.2. The van der Waals surface area contributed by atoms with Crippen molar-refractivity contribution in [2.45, 2.75) is 6.18 Å². The van der Waals surface area contributed by atoms with Gasteiger partial charge in [0, 0.05) is 13.7 Å². The van der Waals surface area contributed by atoms with Crippen molar-refractivity contribution in [2.24, 2.45) is 0 Å². The SMILES string of the molecule is COCCNC(=O)NC(=O)CN(CC(=O)O)CC(F)(F)F. The van der Waals surface area contributed by atoms with E-state index in [1.165, 1.54) is 7.11 Å². The van der Waals surface area contributed by atoms with Gasteiger partial charge in [0.1, 0.15) is 0 Å². The number of rotatable bonds is 8. The van der Waals surface area contributed by atoms with Crippen LogP contribution in [-0.4, -0.2) is 74.0 Å². The minimum absolute atomic E-state index is 0.108. The normalized spacial score (nSPS) is 11.3. The number of nitrogens with one attached hydrogen (secondary N) is 2. The van der Waals surface area contributed by atoms with Gasteiger partial charge in [-0.25, -0.2) is 4.79 Å². The summed E-state index contributed by atoms with van der Waals surface area (Å²) in [5.74, 6) is -2.56. The summed E-state index contributed by atoms with van der Waals surface area (Å²) >= 11 is 0. The van der Waals surface area contributed by atoms with Crippen LogP contribution in [0.25, 0.3) is 0 Å². The summed E-state index contributed by atoms with van der Waals surface area (Å²) in [6.07, 6.45) is -4.66. The van der Waals surface area contributed by atoms with Crippen LogP contribution in [0.15, 0.2) is 0 Å². The van der Waals surface area contributed by atoms with Gasteiger partial charge in [-0.1, -0.05) is 0 Å². The fourth-order valence-electron chi connectivity index (χ4n) is 1.29. The Morgan fingerprint density at radius 1 is 1.24 bits per heavy atom. The van der Waals surface area contributed by atoms with E-state index in [4.69, 9.17) is 5.11 Å². The molecule has 0 aromatic carbocycles. The Bertz CT molecular complexity index is 375. The average molecular weight is 315 g/mol. The van der Waals surface area contributed by atoms with Gasteiger partial charge in [-0.05, 0) is 0 Å². The number of nitrogens with zero attached hydrogens (tertiary/aromatic N) is 1. The van der Waals surface area contributed by atoms with E-state index in [9.17, 15) is 27.6 Å². The molecule has 0 spiro atoms. The Labute approximate surface area is 118 Å². The third-order valence-electron chi connectivity index (χ3n) is 1.97. The standard InChI is InChI=1S/C10H16F3N3O5/c1-21-3-2-14-9(20)15-7(17)4-16(5-8(18)19)6-10(11,12)13/h2-6H2,1H3,(H,18,19)(H2,14,15,17,20). The van der Waals surface area contributed by atoms with Crippen LogP contribution in [-0.2, 0) is 14.3 Å². The lowest BCUT2D eigenvalue weighted by molar-refractivity contribution is -0.155. The second kappa shape index (κ2) is 9.13. The van der Waals surface area contributed by atoms with Gasteiger partial charge in [-0.2, -0.15) is 13.2 Å². The van der Waals surface area contributed by atoms with Crippen molar-refractivity contribution in [1.82, 2.24) is 15.5 Å². The number of urea groups is 1. The molecule has 0 aliphatic rings. The minimum atomic E-state index is -4.66. The highest BCUT2D eigenvalue weighted by molar-refractivity contribution is 5.95. The predicted octanol–water partition coefficient (Wildman–Crippen LogP) is -0.592. The van der Waals surface area contributed by atoms with E-state index in [1.807, 2.05) is 0 Å². The minimum Gasteiger partial charge on any atom is -0.480 e. The summed E-state index contributed by atoms with van der Waals surface area (Å²) in [6, 6.07) is -0.903. The Kier molecular flexibility index (Phi) is 8.31. The Morgan fingerprint density at radius 3 is 2.33 bits per heavy atom. The summed E-state index contributed by atoms with van der Waals surface area (Å²) in [5.41, 5.74) is 0. The molecule has 0 bridgehead atoms. The number of carboxylic acids is 1. The molecule has 0 aromatic rings. The van der Waals surface area contributed by atoms with E-state index in [-0.39, 0.29) is 13.2 Å². The molecule has 21 heavy (non-hydrogen) atoms. The highest BCUT2D eigenvalue weighted by Crippen LogP contribution is 2.16. The quantitative estimate of drug-likeness (QED) is 0.517. The number of alkyl halides is 3. The molecular weight excluding hydrogens is 299 g/mol. The first-order chi connectivity index (χ1) is 9.64. The molecule has 0 unspecified atom stereocenters. The van der Waals surface area contributed by atoms with E-state index < -0.39 is 43.7 Å². The number of carbonyl (C=O) groups excluding carboxylic acids is 2. The van der Waals surface area contributed by atoms with Gasteiger partial charge in [0.25, 0.3) is 0 Å². The molecule has 0 aromatic heterocycles. The van der Waals surface area contributed by atoms with Crippen molar-refractivity contribution in [1.29, 1.82) is 0 Å². The summed E-state index contributed by atoms with van der Waals surface area (Å²) < 4.78 is 41.3. The van der Waals surface area contributed by atoms with Crippen molar-refractivity contribution in [2.75, 3.05) is 39.9 Å². The van der Waals surface area contributed by atoms with Crippen molar-refractivity contribution >= 4 is 17.9 Å². The van der Waals surface area contributed by atoms with Gasteiger partial charge < -0.3 is 15.2 Å². The monoisotopic (exact) mass is 315 g/mol. The van der Waals surface area contributed by atoms with Crippen LogP contribution in [0.4, 0.5) is 18.0 Å². The van der Waals surface area contributed by atoms with Crippen LogP contribution in [0, 0.1) is 0 Å². The number of imide groups is 1. The van der Waals surface area contributed by atoms with Crippen LogP contribution in [0.2, 0.25) is 0 Å². The zero-order valence-corrected chi connectivity index (χ0v) is 11.2. The largest absolute Gasteiger partial charge is 0.480 e. The Balaban J connectivity index is 4.32. The number of hydrogen-bond donors (Lipinski definition) is 3. The van der Waals surface area contributed by atoms with Gasteiger partial charge in [0.2, 0.25) is 5.91 Å². The van der Waals surface area contributed by atoms with Crippen LogP contribution in [0.3, 0.4) is 0 Å². The first kappa shape index (κ1) is 19.1. The Hall–Kier alpha value is -1.88. The summed E-state index contributed by atoms with van der Waals surface area (Å²) in [5, 5.41) is 12.5. The van der Waals surface area contributed by atoms with Crippen LogP contribution >= 0.6 is 0 Å². The van der Waals surface area contributed by atoms with E-state index in [2.05, 4.69) is 10.1 Å². The Morgan fingerprint density at radius 2 is 1.86 bits per heavy atom. The molecule has 0 aliphatic carbocycles. The number of carbonyl (C=O) groups is 3. The number of aliphatic carboxylic acids is 1. The van der Waals surface area contributed by atoms with E-state index in [1.54, 1.807) is 5.32 Å². The van der Waals surface area contributed by atoms with Gasteiger partial charge in [-0.15, -0.1) is 0 Å². The maximum Gasteiger partial charge on any atom is 0.401 e. The number of halogens is 3. The summed E-state index contributed by atoms with van der Waals surface area (Å²) in [4.78, 5) is 33.3. The number of hydrogen-bond acceptors (Lipinski definition) is 5. The molecule has 8 nitrogen and oxygen atoms in total. The topological polar surface area (TPSA) is 108 Å². The summed E-state index contributed by atoms with van der Waals surface area (Å²) in [7, 11) is 1.39. The molecule has 0 radical (unpaired) electrons.